The summed E-state index contributed by atoms with van der Waals surface area (Å²) < 4.78 is 2.23. The highest BCUT2D eigenvalue weighted by molar-refractivity contribution is 5.95. The van der Waals surface area contributed by atoms with Gasteiger partial charge in [0.05, 0.1) is 5.92 Å². The van der Waals surface area contributed by atoms with E-state index in [0.29, 0.717) is 6.54 Å². The second kappa shape index (κ2) is 7.75. The first-order valence-electron chi connectivity index (χ1n) is 9.98. The van der Waals surface area contributed by atoms with Gasteiger partial charge in [-0.2, -0.15) is 0 Å². The summed E-state index contributed by atoms with van der Waals surface area (Å²) in [7, 11) is 0. The van der Waals surface area contributed by atoms with Crippen molar-refractivity contribution in [1.29, 1.82) is 0 Å². The summed E-state index contributed by atoms with van der Waals surface area (Å²) in [5, 5.41) is 4.19. The van der Waals surface area contributed by atoms with Gasteiger partial charge in [-0.1, -0.05) is 27.7 Å². The summed E-state index contributed by atoms with van der Waals surface area (Å²) in [6.07, 6.45) is 4.89. The van der Waals surface area contributed by atoms with Gasteiger partial charge in [0.2, 0.25) is 11.8 Å². The van der Waals surface area contributed by atoms with Crippen LogP contribution in [-0.4, -0.2) is 34.4 Å². The molecule has 5 nitrogen and oxygen atoms in total. The number of aromatic nitrogens is 1. The molecule has 2 heterocycles. The number of fused-ring (bicyclic) bond motifs is 1. The van der Waals surface area contributed by atoms with Gasteiger partial charge in [0, 0.05) is 47.8 Å². The molecule has 0 saturated carbocycles. The van der Waals surface area contributed by atoms with E-state index in [4.69, 9.17) is 0 Å². The minimum atomic E-state index is -0.408. The van der Waals surface area contributed by atoms with Crippen molar-refractivity contribution >= 4 is 28.4 Å². The molecule has 0 bridgehead atoms. The maximum Gasteiger partial charge on any atom is 0.229 e. The van der Waals surface area contributed by atoms with E-state index < -0.39 is 5.41 Å². The summed E-state index contributed by atoms with van der Waals surface area (Å²) in [5.74, 6) is -0.0159. The summed E-state index contributed by atoms with van der Waals surface area (Å²) in [6.45, 7) is 10.2. The van der Waals surface area contributed by atoms with Crippen molar-refractivity contribution in [2.75, 3.05) is 18.4 Å². The predicted octanol–water partition coefficient (Wildman–Crippen LogP) is 4.27. The lowest BCUT2D eigenvalue weighted by molar-refractivity contribution is -0.142. The Kier molecular flexibility index (Phi) is 5.59. The highest BCUT2D eigenvalue weighted by Crippen LogP contribution is 2.25. The summed E-state index contributed by atoms with van der Waals surface area (Å²) in [4.78, 5) is 27.2. The van der Waals surface area contributed by atoms with Crippen LogP contribution in [0, 0.1) is 11.3 Å². The number of hydrogen-bond donors (Lipinski definition) is 1. The van der Waals surface area contributed by atoms with Crippen LogP contribution < -0.4 is 5.32 Å². The normalized spacial score (nSPS) is 17.9. The van der Waals surface area contributed by atoms with Crippen molar-refractivity contribution in [3.05, 3.63) is 30.5 Å². The fourth-order valence-corrected chi connectivity index (χ4v) is 3.81. The minimum absolute atomic E-state index is 0.00810. The second-order valence-corrected chi connectivity index (χ2v) is 8.61. The topological polar surface area (TPSA) is 54.3 Å². The number of amides is 2. The molecule has 1 N–H and O–H groups in total. The quantitative estimate of drug-likeness (QED) is 0.875. The first kappa shape index (κ1) is 19.5. The molecule has 1 atom stereocenters. The average molecular weight is 370 g/mol. The molecule has 3 rings (SSSR count). The minimum Gasteiger partial charge on any atom is -0.347 e. The highest BCUT2D eigenvalue weighted by Gasteiger charge is 2.33. The Bertz CT molecular complexity index is 832. The number of rotatable bonds is 4. The number of carbonyl (C=O) groups excluding carboxylic acids is 2. The zero-order chi connectivity index (χ0) is 19.6. The van der Waals surface area contributed by atoms with E-state index in [9.17, 15) is 9.59 Å². The van der Waals surface area contributed by atoms with E-state index in [1.54, 1.807) is 0 Å². The number of nitrogens with zero attached hydrogens (tertiary/aromatic N) is 2. The number of carbonyl (C=O) groups is 2. The average Bonchev–Trinajstić information content (AvgIpc) is 3.03. The first-order chi connectivity index (χ1) is 12.8. The lowest BCUT2D eigenvalue weighted by Crippen LogP contribution is -2.47. The lowest BCUT2D eigenvalue weighted by Gasteiger charge is -2.35. The Morgan fingerprint density at radius 2 is 2.00 bits per heavy atom. The van der Waals surface area contributed by atoms with Gasteiger partial charge in [-0.15, -0.1) is 0 Å². The van der Waals surface area contributed by atoms with Crippen LogP contribution in [0.2, 0.25) is 0 Å². The standard InChI is InChI=1S/C22H31N3O2/c1-5-11-24-13-10-16-14-18(8-9-19(16)24)23-20(26)17-7-6-12-25(15-17)21(27)22(2,3)4/h8-10,13-14,17H,5-7,11-12,15H2,1-4H3,(H,23,26)/t17-/m0/s1. The summed E-state index contributed by atoms with van der Waals surface area (Å²) in [6, 6.07) is 8.15. The maximum absolute atomic E-state index is 12.8. The fraction of sp³-hybridized carbons (Fsp3) is 0.545. The molecule has 1 aliphatic rings. The Hall–Kier alpha value is -2.30. The van der Waals surface area contributed by atoms with Crippen LogP contribution in [0.1, 0.15) is 47.0 Å². The molecule has 1 aliphatic heterocycles. The molecule has 146 valence electrons. The van der Waals surface area contributed by atoms with Crippen molar-refractivity contribution in [3.63, 3.8) is 0 Å². The number of piperidine rings is 1. The van der Waals surface area contributed by atoms with Gasteiger partial charge >= 0.3 is 0 Å². The molecule has 2 amide bonds. The number of benzene rings is 1. The number of nitrogens with one attached hydrogen (secondary N) is 1. The SMILES string of the molecule is CCCn1ccc2cc(NC(=O)[C@H]3CCCN(C(=O)C(C)(C)C)C3)ccc21. The van der Waals surface area contributed by atoms with Crippen LogP contribution in [0.25, 0.3) is 10.9 Å². The van der Waals surface area contributed by atoms with Crippen LogP contribution in [0.15, 0.2) is 30.5 Å². The zero-order valence-electron chi connectivity index (χ0n) is 16.9. The van der Waals surface area contributed by atoms with E-state index in [1.165, 1.54) is 5.52 Å². The summed E-state index contributed by atoms with van der Waals surface area (Å²) in [5.41, 5.74) is 1.60. The largest absolute Gasteiger partial charge is 0.347 e. The van der Waals surface area contributed by atoms with Crippen molar-refractivity contribution in [2.24, 2.45) is 11.3 Å². The van der Waals surface area contributed by atoms with Crippen molar-refractivity contribution in [3.8, 4) is 0 Å². The highest BCUT2D eigenvalue weighted by atomic mass is 16.2. The van der Waals surface area contributed by atoms with E-state index >= 15 is 0 Å². The Morgan fingerprint density at radius 1 is 1.22 bits per heavy atom. The molecule has 0 aliphatic carbocycles. The van der Waals surface area contributed by atoms with Gasteiger partial charge in [0.25, 0.3) is 0 Å². The van der Waals surface area contributed by atoms with E-state index in [2.05, 4.69) is 35.1 Å². The summed E-state index contributed by atoms with van der Waals surface area (Å²) >= 11 is 0. The molecule has 27 heavy (non-hydrogen) atoms. The molecule has 0 spiro atoms. The monoisotopic (exact) mass is 369 g/mol. The Balaban J connectivity index is 1.68. The number of anilines is 1. The van der Waals surface area contributed by atoms with Crippen molar-refractivity contribution in [2.45, 2.75) is 53.5 Å². The second-order valence-electron chi connectivity index (χ2n) is 8.61. The number of likely N-dealkylation sites (tertiary alicyclic amines) is 1. The van der Waals surface area contributed by atoms with E-state index in [1.807, 2.05) is 37.8 Å². The molecular formula is C22H31N3O2. The molecular weight excluding hydrogens is 338 g/mol. The smallest absolute Gasteiger partial charge is 0.229 e. The van der Waals surface area contributed by atoms with Crippen LogP contribution in [0.4, 0.5) is 5.69 Å². The fourth-order valence-electron chi connectivity index (χ4n) is 3.81. The molecule has 0 unspecified atom stereocenters. The van der Waals surface area contributed by atoms with E-state index in [0.717, 1.165) is 43.4 Å². The van der Waals surface area contributed by atoms with Crippen LogP contribution in [-0.2, 0) is 16.1 Å². The molecule has 5 heteroatoms. The van der Waals surface area contributed by atoms with Gasteiger partial charge in [0.15, 0.2) is 0 Å². The molecule has 1 fully saturated rings. The van der Waals surface area contributed by atoms with E-state index in [-0.39, 0.29) is 17.7 Å². The molecule has 2 aromatic rings. The first-order valence-corrected chi connectivity index (χ1v) is 9.98. The predicted molar refractivity (Wildman–Crippen MR) is 110 cm³/mol. The molecule has 1 saturated heterocycles. The van der Waals surface area contributed by atoms with Gasteiger partial charge in [-0.05, 0) is 43.5 Å². The van der Waals surface area contributed by atoms with Gasteiger partial charge in [-0.25, -0.2) is 0 Å². The number of hydrogen-bond acceptors (Lipinski definition) is 2. The molecule has 1 aromatic carbocycles. The van der Waals surface area contributed by atoms with Gasteiger partial charge < -0.3 is 14.8 Å². The van der Waals surface area contributed by atoms with Gasteiger partial charge in [0.1, 0.15) is 0 Å². The third kappa shape index (κ3) is 4.34. The zero-order valence-corrected chi connectivity index (χ0v) is 16.9. The molecule has 1 aromatic heterocycles. The number of aryl methyl sites for hydroxylation is 1. The van der Waals surface area contributed by atoms with Gasteiger partial charge in [-0.3, -0.25) is 9.59 Å². The van der Waals surface area contributed by atoms with Crippen LogP contribution in [0.3, 0.4) is 0 Å². The van der Waals surface area contributed by atoms with Crippen molar-refractivity contribution in [1.82, 2.24) is 9.47 Å². The van der Waals surface area contributed by atoms with Crippen LogP contribution >= 0.6 is 0 Å². The Morgan fingerprint density at radius 3 is 2.70 bits per heavy atom. The third-order valence-electron chi connectivity index (χ3n) is 5.22. The lowest BCUT2D eigenvalue weighted by atomic mass is 9.91. The third-order valence-corrected chi connectivity index (χ3v) is 5.22. The van der Waals surface area contributed by atoms with Crippen molar-refractivity contribution < 1.29 is 9.59 Å². The Labute approximate surface area is 161 Å². The van der Waals surface area contributed by atoms with Crippen LogP contribution in [0.5, 0.6) is 0 Å². The molecule has 0 radical (unpaired) electrons. The maximum atomic E-state index is 12.8.